The first-order valence-corrected chi connectivity index (χ1v) is 7.37. The molecular formula is C16H13NO2S. The average molecular weight is 283 g/mol. The van der Waals surface area contributed by atoms with Gasteiger partial charge in [0.1, 0.15) is 0 Å². The number of allylic oxidation sites excluding steroid dienone is 1. The molecule has 4 heteroatoms. The number of benzene rings is 2. The number of ketones is 1. The second-order valence-electron chi connectivity index (χ2n) is 4.71. The molecule has 1 aliphatic heterocycles. The lowest BCUT2D eigenvalue weighted by Crippen LogP contribution is -2.11. The minimum atomic E-state index is -1.50. The van der Waals surface area contributed by atoms with Gasteiger partial charge in [-0.05, 0) is 25.1 Å². The van der Waals surface area contributed by atoms with Gasteiger partial charge in [-0.3, -0.25) is 4.79 Å². The molecule has 1 unspecified atom stereocenters. The van der Waals surface area contributed by atoms with Crippen LogP contribution in [-0.2, 0) is 11.2 Å². The molecule has 0 aromatic heterocycles. The van der Waals surface area contributed by atoms with Crippen LogP contribution in [0.25, 0.3) is 5.70 Å². The number of rotatable bonds is 1. The first-order chi connectivity index (χ1) is 9.59. The molecular weight excluding hydrogens is 270 g/mol. The molecule has 100 valence electrons. The Morgan fingerprint density at radius 1 is 1.15 bits per heavy atom. The van der Waals surface area contributed by atoms with Crippen molar-refractivity contribution in [2.24, 2.45) is 5.73 Å². The van der Waals surface area contributed by atoms with Crippen molar-refractivity contribution < 1.29 is 9.35 Å². The van der Waals surface area contributed by atoms with E-state index in [1.807, 2.05) is 31.2 Å². The van der Waals surface area contributed by atoms with E-state index in [0.29, 0.717) is 16.2 Å². The average Bonchev–Trinajstić information content (AvgIpc) is 2.71. The number of nitrogens with two attached hydrogens (primary N) is 1. The number of carbonyl (C=O) groups excluding carboxylic acids is 1. The molecule has 20 heavy (non-hydrogen) atoms. The topological polar surface area (TPSA) is 66.2 Å². The lowest BCUT2D eigenvalue weighted by Gasteiger charge is -2.08. The largest absolute Gasteiger partial charge is 0.606 e. The molecule has 2 aromatic carbocycles. The molecule has 3 rings (SSSR count). The van der Waals surface area contributed by atoms with E-state index in [9.17, 15) is 9.35 Å². The van der Waals surface area contributed by atoms with Crippen LogP contribution < -0.4 is 5.73 Å². The van der Waals surface area contributed by atoms with Crippen molar-refractivity contribution in [2.75, 3.05) is 0 Å². The summed E-state index contributed by atoms with van der Waals surface area (Å²) in [6, 6.07) is 14.5. The van der Waals surface area contributed by atoms with Crippen LogP contribution in [0.4, 0.5) is 0 Å². The fourth-order valence-electron chi connectivity index (χ4n) is 2.30. The van der Waals surface area contributed by atoms with Crippen LogP contribution in [0.15, 0.2) is 58.3 Å². The van der Waals surface area contributed by atoms with Gasteiger partial charge in [-0.1, -0.05) is 35.9 Å². The van der Waals surface area contributed by atoms with Gasteiger partial charge in [-0.2, -0.15) is 0 Å². The highest BCUT2D eigenvalue weighted by molar-refractivity contribution is 7.97. The minimum Gasteiger partial charge on any atom is -0.606 e. The highest BCUT2D eigenvalue weighted by Gasteiger charge is 2.41. The molecule has 0 saturated heterocycles. The summed E-state index contributed by atoms with van der Waals surface area (Å²) in [4.78, 5) is 13.1. The van der Waals surface area contributed by atoms with E-state index < -0.39 is 11.2 Å². The monoisotopic (exact) mass is 283 g/mol. The molecule has 0 aliphatic carbocycles. The van der Waals surface area contributed by atoms with Crippen LogP contribution in [0.3, 0.4) is 0 Å². The summed E-state index contributed by atoms with van der Waals surface area (Å²) < 4.78 is 12.5. The molecule has 1 heterocycles. The highest BCUT2D eigenvalue weighted by Crippen LogP contribution is 2.36. The van der Waals surface area contributed by atoms with Gasteiger partial charge in [0.15, 0.2) is 4.90 Å². The molecule has 2 aromatic rings. The van der Waals surface area contributed by atoms with E-state index in [-0.39, 0.29) is 10.7 Å². The van der Waals surface area contributed by atoms with Crippen LogP contribution in [0, 0.1) is 6.92 Å². The van der Waals surface area contributed by atoms with E-state index in [2.05, 4.69) is 0 Å². The van der Waals surface area contributed by atoms with E-state index in [4.69, 9.17) is 5.73 Å². The van der Waals surface area contributed by atoms with Gasteiger partial charge in [0.05, 0.1) is 11.3 Å². The third-order valence-electron chi connectivity index (χ3n) is 3.30. The van der Waals surface area contributed by atoms with Crippen molar-refractivity contribution >= 4 is 22.7 Å². The smallest absolute Gasteiger partial charge is 0.248 e. The number of hydrogen-bond donors (Lipinski definition) is 1. The standard InChI is InChI=1S/C16H13NO2S/c1-10-5-4-6-11(9-10)14(17)16-15(18)12-7-2-3-8-13(12)20(16)19/h2-9H,17H2,1H3. The van der Waals surface area contributed by atoms with Crippen LogP contribution >= 0.6 is 0 Å². The molecule has 0 bridgehead atoms. The number of Topliss-reactive ketones (excluding diaryl/α,β-unsaturated/α-hetero) is 1. The Hall–Kier alpha value is -2.04. The molecule has 0 saturated carbocycles. The maximum Gasteiger partial charge on any atom is 0.248 e. The van der Waals surface area contributed by atoms with Crippen molar-refractivity contribution in [3.8, 4) is 0 Å². The Bertz CT molecular complexity index is 737. The van der Waals surface area contributed by atoms with Gasteiger partial charge >= 0.3 is 0 Å². The third-order valence-corrected chi connectivity index (χ3v) is 4.83. The Kier molecular flexibility index (Phi) is 3.12. The summed E-state index contributed by atoms with van der Waals surface area (Å²) in [6.45, 7) is 1.95. The van der Waals surface area contributed by atoms with Crippen LogP contribution in [0.1, 0.15) is 21.5 Å². The summed E-state index contributed by atoms with van der Waals surface area (Å²) in [7, 11) is 0. The van der Waals surface area contributed by atoms with Gasteiger partial charge in [-0.15, -0.1) is 0 Å². The number of aryl methyl sites for hydroxylation is 1. The van der Waals surface area contributed by atoms with E-state index in [0.717, 1.165) is 11.1 Å². The van der Waals surface area contributed by atoms with Gasteiger partial charge in [-0.25, -0.2) is 0 Å². The summed E-state index contributed by atoms with van der Waals surface area (Å²) in [5.74, 6) is -0.238. The molecule has 0 fully saturated rings. The van der Waals surface area contributed by atoms with Crippen molar-refractivity contribution in [1.29, 1.82) is 0 Å². The fraction of sp³-hybridized carbons (Fsp3) is 0.0625. The van der Waals surface area contributed by atoms with Gasteiger partial charge in [0, 0.05) is 16.7 Å². The lowest BCUT2D eigenvalue weighted by molar-refractivity contribution is 0.104. The Morgan fingerprint density at radius 2 is 1.90 bits per heavy atom. The second-order valence-corrected chi connectivity index (χ2v) is 6.09. The summed E-state index contributed by atoms with van der Waals surface area (Å²) in [5.41, 5.74) is 8.65. The highest BCUT2D eigenvalue weighted by atomic mass is 32.2. The van der Waals surface area contributed by atoms with E-state index >= 15 is 0 Å². The normalized spacial score (nSPS) is 19.9. The van der Waals surface area contributed by atoms with Crippen molar-refractivity contribution in [3.63, 3.8) is 0 Å². The molecule has 2 N–H and O–H groups in total. The lowest BCUT2D eigenvalue weighted by atomic mass is 10.1. The maximum absolute atomic E-state index is 12.5. The minimum absolute atomic E-state index is 0.191. The Balaban J connectivity index is 2.16. The maximum atomic E-state index is 12.5. The second kappa shape index (κ2) is 4.81. The summed E-state index contributed by atoms with van der Waals surface area (Å²) in [5, 5.41) is 0. The zero-order valence-corrected chi connectivity index (χ0v) is 11.7. The quantitative estimate of drug-likeness (QED) is 0.646. The molecule has 0 amide bonds. The third kappa shape index (κ3) is 1.94. The molecule has 3 nitrogen and oxygen atoms in total. The van der Waals surface area contributed by atoms with E-state index in [1.165, 1.54) is 0 Å². The van der Waals surface area contributed by atoms with Crippen molar-refractivity contribution in [2.45, 2.75) is 11.8 Å². The number of carbonyl (C=O) groups is 1. The molecule has 0 spiro atoms. The molecule has 0 radical (unpaired) electrons. The van der Waals surface area contributed by atoms with Crippen molar-refractivity contribution in [1.82, 2.24) is 0 Å². The van der Waals surface area contributed by atoms with Gasteiger partial charge < -0.3 is 10.3 Å². The molecule has 1 atom stereocenters. The van der Waals surface area contributed by atoms with Crippen molar-refractivity contribution in [3.05, 3.63) is 70.1 Å². The summed E-state index contributed by atoms with van der Waals surface area (Å²) in [6.07, 6.45) is 0. The Labute approximate surface area is 120 Å². The van der Waals surface area contributed by atoms with Gasteiger partial charge in [0.25, 0.3) is 0 Å². The predicted molar refractivity (Wildman–Crippen MR) is 79.5 cm³/mol. The summed E-state index contributed by atoms with van der Waals surface area (Å²) >= 11 is -1.50. The first kappa shape index (κ1) is 13.0. The van der Waals surface area contributed by atoms with Crippen LogP contribution in [-0.4, -0.2) is 10.3 Å². The predicted octanol–water partition coefficient (Wildman–Crippen LogP) is 2.63. The first-order valence-electron chi connectivity index (χ1n) is 6.22. The van der Waals surface area contributed by atoms with Crippen LogP contribution in [0.5, 0.6) is 0 Å². The Morgan fingerprint density at radius 3 is 2.60 bits per heavy atom. The van der Waals surface area contributed by atoms with Crippen LogP contribution in [0.2, 0.25) is 0 Å². The van der Waals surface area contributed by atoms with Gasteiger partial charge in [0.2, 0.25) is 10.7 Å². The fourth-order valence-corrected chi connectivity index (χ4v) is 3.68. The zero-order chi connectivity index (χ0) is 14.3. The van der Waals surface area contributed by atoms with E-state index in [1.54, 1.807) is 24.3 Å². The molecule has 1 aliphatic rings. The SMILES string of the molecule is Cc1cccc(C(N)=C2C(=O)c3ccccc3[S+]2[O-])c1. The zero-order valence-electron chi connectivity index (χ0n) is 10.9. The number of hydrogen-bond acceptors (Lipinski definition) is 3. The number of fused-ring (bicyclic) bond motifs is 1.